The number of carbonyl (C=O) groups excluding carboxylic acids is 1. The maximum Gasteiger partial charge on any atom is 0.249 e. The van der Waals surface area contributed by atoms with Gasteiger partial charge in [0.25, 0.3) is 0 Å². The normalized spacial score (nSPS) is 10.5. The van der Waals surface area contributed by atoms with Crippen molar-refractivity contribution in [1.82, 2.24) is 10.5 Å². The number of rotatable bonds is 4. The molecule has 0 saturated heterocycles. The van der Waals surface area contributed by atoms with Gasteiger partial charge in [0.15, 0.2) is 0 Å². The number of amides is 1. The standard InChI is InChI=1S/C13H13FN2O3/c1-8-11(7-12(17)16-18-2)15-13(19-8)9-4-3-5-10(14)6-9/h3-6H,7H2,1-2H3,(H,16,17). The molecule has 0 aliphatic carbocycles. The zero-order valence-electron chi connectivity index (χ0n) is 10.6. The third kappa shape index (κ3) is 3.17. The molecule has 0 radical (unpaired) electrons. The Morgan fingerprint density at radius 3 is 3.00 bits per heavy atom. The third-order valence-electron chi connectivity index (χ3n) is 2.51. The monoisotopic (exact) mass is 264 g/mol. The minimum absolute atomic E-state index is 0.0402. The van der Waals surface area contributed by atoms with Crippen molar-refractivity contribution >= 4 is 5.91 Å². The summed E-state index contributed by atoms with van der Waals surface area (Å²) in [6.07, 6.45) is 0.0402. The van der Waals surface area contributed by atoms with Gasteiger partial charge in [-0.25, -0.2) is 14.9 Å². The summed E-state index contributed by atoms with van der Waals surface area (Å²) in [5, 5.41) is 0. The summed E-state index contributed by atoms with van der Waals surface area (Å²) in [6, 6.07) is 5.92. The predicted molar refractivity (Wildman–Crippen MR) is 65.5 cm³/mol. The van der Waals surface area contributed by atoms with Gasteiger partial charge in [-0.3, -0.25) is 9.63 Å². The van der Waals surface area contributed by atoms with Crippen molar-refractivity contribution in [1.29, 1.82) is 0 Å². The average Bonchev–Trinajstić information content (AvgIpc) is 2.71. The fourth-order valence-corrected chi connectivity index (χ4v) is 1.64. The lowest BCUT2D eigenvalue weighted by Gasteiger charge is -1.98. The summed E-state index contributed by atoms with van der Waals surface area (Å²) in [5.74, 6) is 0.111. The molecule has 5 nitrogen and oxygen atoms in total. The van der Waals surface area contributed by atoms with Gasteiger partial charge in [-0.2, -0.15) is 0 Å². The van der Waals surface area contributed by atoms with E-state index in [0.29, 0.717) is 17.0 Å². The quantitative estimate of drug-likeness (QED) is 0.858. The summed E-state index contributed by atoms with van der Waals surface area (Å²) in [7, 11) is 1.35. The van der Waals surface area contributed by atoms with E-state index < -0.39 is 0 Å². The number of hydrogen-bond acceptors (Lipinski definition) is 4. The molecule has 6 heteroatoms. The molecule has 0 spiro atoms. The van der Waals surface area contributed by atoms with Crippen LogP contribution in [0.2, 0.25) is 0 Å². The molecule has 2 rings (SSSR count). The Balaban J connectivity index is 2.23. The van der Waals surface area contributed by atoms with E-state index in [9.17, 15) is 9.18 Å². The number of benzene rings is 1. The molecule has 1 amide bonds. The van der Waals surface area contributed by atoms with Crippen LogP contribution in [0.15, 0.2) is 28.7 Å². The van der Waals surface area contributed by atoms with Gasteiger partial charge in [0.2, 0.25) is 11.8 Å². The lowest BCUT2D eigenvalue weighted by molar-refractivity contribution is -0.130. The first-order valence-corrected chi connectivity index (χ1v) is 5.64. The van der Waals surface area contributed by atoms with Crippen LogP contribution in [0.4, 0.5) is 4.39 Å². The number of nitrogens with one attached hydrogen (secondary N) is 1. The van der Waals surface area contributed by atoms with Crippen LogP contribution in [0.1, 0.15) is 11.5 Å². The van der Waals surface area contributed by atoms with Crippen LogP contribution < -0.4 is 5.48 Å². The molecule has 100 valence electrons. The number of aryl methyl sites for hydroxylation is 1. The summed E-state index contributed by atoms with van der Waals surface area (Å²) in [5.41, 5.74) is 3.22. The molecular weight excluding hydrogens is 251 g/mol. The van der Waals surface area contributed by atoms with E-state index >= 15 is 0 Å². The smallest absolute Gasteiger partial charge is 0.249 e. The molecule has 1 heterocycles. The predicted octanol–water partition coefficient (Wildman–Crippen LogP) is 2.01. The Labute approximate surface area is 109 Å². The molecule has 1 aromatic heterocycles. The molecule has 19 heavy (non-hydrogen) atoms. The minimum atomic E-state index is -0.368. The Kier molecular flexibility index (Phi) is 3.91. The number of aromatic nitrogens is 1. The number of halogens is 1. The molecule has 0 aliphatic rings. The molecule has 0 unspecified atom stereocenters. The molecule has 1 aromatic carbocycles. The maximum atomic E-state index is 13.1. The van der Waals surface area contributed by atoms with E-state index in [1.54, 1.807) is 19.1 Å². The largest absolute Gasteiger partial charge is 0.441 e. The summed E-state index contributed by atoms with van der Waals surface area (Å²) >= 11 is 0. The number of oxazole rings is 1. The van der Waals surface area contributed by atoms with Crippen molar-refractivity contribution in [3.05, 3.63) is 41.5 Å². The molecule has 2 aromatic rings. The van der Waals surface area contributed by atoms with Crippen LogP contribution in [0.5, 0.6) is 0 Å². The molecule has 0 atom stereocenters. The molecule has 0 aliphatic heterocycles. The topological polar surface area (TPSA) is 64.4 Å². The van der Waals surface area contributed by atoms with Gasteiger partial charge in [-0.15, -0.1) is 0 Å². The highest BCUT2D eigenvalue weighted by Gasteiger charge is 2.14. The van der Waals surface area contributed by atoms with Crippen LogP contribution in [0, 0.1) is 12.7 Å². The Morgan fingerprint density at radius 2 is 2.32 bits per heavy atom. The second kappa shape index (κ2) is 5.62. The second-order valence-corrected chi connectivity index (χ2v) is 3.94. The van der Waals surface area contributed by atoms with Gasteiger partial charge in [0.05, 0.1) is 19.2 Å². The van der Waals surface area contributed by atoms with Gasteiger partial charge >= 0.3 is 0 Å². The Hall–Kier alpha value is -2.21. The van der Waals surface area contributed by atoms with Crippen molar-refractivity contribution < 1.29 is 18.4 Å². The first kappa shape index (κ1) is 13.2. The number of nitrogens with zero attached hydrogens (tertiary/aromatic N) is 1. The fourth-order valence-electron chi connectivity index (χ4n) is 1.64. The van der Waals surface area contributed by atoms with E-state index in [-0.39, 0.29) is 24.0 Å². The highest BCUT2D eigenvalue weighted by molar-refractivity contribution is 5.77. The van der Waals surface area contributed by atoms with Crippen LogP contribution in [0.25, 0.3) is 11.5 Å². The number of carbonyl (C=O) groups is 1. The van der Waals surface area contributed by atoms with Crippen molar-refractivity contribution in [3.63, 3.8) is 0 Å². The van der Waals surface area contributed by atoms with Crippen LogP contribution in [0.3, 0.4) is 0 Å². The third-order valence-corrected chi connectivity index (χ3v) is 2.51. The highest BCUT2D eigenvalue weighted by atomic mass is 19.1. The average molecular weight is 264 g/mol. The van der Waals surface area contributed by atoms with Crippen LogP contribution in [-0.4, -0.2) is 18.0 Å². The van der Waals surface area contributed by atoms with Gasteiger partial charge in [-0.1, -0.05) is 6.07 Å². The fraction of sp³-hybridized carbons (Fsp3) is 0.231. The van der Waals surface area contributed by atoms with Gasteiger partial charge in [0, 0.05) is 5.56 Å². The number of hydrogen-bond donors (Lipinski definition) is 1. The van der Waals surface area contributed by atoms with Crippen molar-refractivity contribution in [2.75, 3.05) is 7.11 Å². The first-order valence-electron chi connectivity index (χ1n) is 5.64. The molecule has 1 N–H and O–H groups in total. The molecule has 0 bridgehead atoms. The van der Waals surface area contributed by atoms with Gasteiger partial charge in [0.1, 0.15) is 11.6 Å². The highest BCUT2D eigenvalue weighted by Crippen LogP contribution is 2.22. The zero-order valence-corrected chi connectivity index (χ0v) is 10.6. The maximum absolute atomic E-state index is 13.1. The van der Waals surface area contributed by atoms with Crippen LogP contribution in [-0.2, 0) is 16.1 Å². The van der Waals surface area contributed by atoms with Crippen molar-refractivity contribution in [2.24, 2.45) is 0 Å². The summed E-state index contributed by atoms with van der Waals surface area (Å²) in [4.78, 5) is 20.1. The van der Waals surface area contributed by atoms with Gasteiger partial charge in [-0.05, 0) is 25.1 Å². The molecular formula is C13H13FN2O3. The summed E-state index contributed by atoms with van der Waals surface area (Å²) < 4.78 is 18.6. The van der Waals surface area contributed by atoms with E-state index in [1.807, 2.05) is 0 Å². The number of hydroxylamine groups is 1. The van der Waals surface area contributed by atoms with E-state index in [2.05, 4.69) is 15.3 Å². The van der Waals surface area contributed by atoms with Crippen LogP contribution >= 0.6 is 0 Å². The Morgan fingerprint density at radius 1 is 1.53 bits per heavy atom. The van der Waals surface area contributed by atoms with E-state index in [1.165, 1.54) is 19.2 Å². The Bertz CT molecular complexity index is 595. The van der Waals surface area contributed by atoms with E-state index in [4.69, 9.17) is 4.42 Å². The first-order chi connectivity index (χ1) is 9.10. The molecule has 0 saturated carbocycles. The second-order valence-electron chi connectivity index (χ2n) is 3.94. The lowest BCUT2D eigenvalue weighted by atomic mass is 10.2. The molecule has 0 fully saturated rings. The van der Waals surface area contributed by atoms with E-state index in [0.717, 1.165) is 0 Å². The summed E-state index contributed by atoms with van der Waals surface area (Å²) in [6.45, 7) is 1.70. The van der Waals surface area contributed by atoms with Gasteiger partial charge < -0.3 is 4.42 Å². The SMILES string of the molecule is CONC(=O)Cc1nc(-c2cccc(F)c2)oc1C. The van der Waals surface area contributed by atoms with Crippen molar-refractivity contribution in [3.8, 4) is 11.5 Å². The lowest BCUT2D eigenvalue weighted by Crippen LogP contribution is -2.24. The zero-order chi connectivity index (χ0) is 13.8. The van der Waals surface area contributed by atoms with Crippen molar-refractivity contribution in [2.45, 2.75) is 13.3 Å². The minimum Gasteiger partial charge on any atom is -0.441 e.